The van der Waals surface area contributed by atoms with E-state index in [1.807, 2.05) is 18.2 Å². The monoisotopic (exact) mass is 246 g/mol. The average Bonchev–Trinajstić information content (AvgIpc) is 2.29. The van der Waals surface area contributed by atoms with Crippen molar-refractivity contribution in [1.29, 1.82) is 5.26 Å². The second-order valence-corrected chi connectivity index (χ2v) is 4.04. The Kier molecular flexibility index (Phi) is 3.14. The number of hydrogen-bond acceptors (Lipinski definition) is 1. The first-order valence-electron chi connectivity index (χ1n) is 4.58. The predicted molar refractivity (Wildman–Crippen MR) is 65.4 cm³/mol. The second-order valence-electron chi connectivity index (χ2n) is 3.20. The van der Waals surface area contributed by atoms with Gasteiger partial charge in [-0.1, -0.05) is 41.4 Å². The Morgan fingerprint density at radius 1 is 1.19 bits per heavy atom. The molecule has 0 aliphatic rings. The Morgan fingerprint density at radius 3 is 2.62 bits per heavy atom. The maximum atomic E-state index is 8.99. The number of benzene rings is 2. The zero-order valence-corrected chi connectivity index (χ0v) is 9.68. The lowest BCUT2D eigenvalue weighted by molar-refractivity contribution is 1.48. The van der Waals surface area contributed by atoms with Gasteiger partial charge in [0, 0.05) is 16.1 Å². The molecule has 0 amide bonds. The van der Waals surface area contributed by atoms with Crippen LogP contribution in [-0.4, -0.2) is 0 Å². The average molecular weight is 247 g/mol. The standard InChI is InChI=1S/C13H6Cl2N/c14-10-5-6-12(13(15)7-10)11-4-2-1-3-9(11)8-16/h1-5,7H. The fourth-order valence-electron chi connectivity index (χ4n) is 1.45. The van der Waals surface area contributed by atoms with Crippen molar-refractivity contribution in [3.63, 3.8) is 0 Å². The summed E-state index contributed by atoms with van der Waals surface area (Å²) in [7, 11) is 0. The molecule has 77 valence electrons. The van der Waals surface area contributed by atoms with E-state index in [-0.39, 0.29) is 0 Å². The van der Waals surface area contributed by atoms with Crippen molar-refractivity contribution in [3.8, 4) is 17.2 Å². The molecule has 0 spiro atoms. The first-order chi connectivity index (χ1) is 7.72. The molecule has 1 nitrogen and oxygen atoms in total. The lowest BCUT2D eigenvalue weighted by Crippen LogP contribution is -1.85. The Balaban J connectivity index is 2.64. The molecule has 0 bridgehead atoms. The van der Waals surface area contributed by atoms with Crippen LogP contribution < -0.4 is 0 Å². The van der Waals surface area contributed by atoms with Crippen LogP contribution in [0.3, 0.4) is 0 Å². The van der Waals surface area contributed by atoms with Gasteiger partial charge < -0.3 is 0 Å². The molecule has 1 radical (unpaired) electrons. The molecule has 0 saturated heterocycles. The summed E-state index contributed by atoms with van der Waals surface area (Å²) in [5.41, 5.74) is 2.04. The van der Waals surface area contributed by atoms with E-state index in [4.69, 9.17) is 28.5 Å². The lowest BCUT2D eigenvalue weighted by Gasteiger charge is -2.05. The van der Waals surface area contributed by atoms with Gasteiger partial charge in [-0.05, 0) is 24.3 Å². The molecule has 0 fully saturated rings. The van der Waals surface area contributed by atoms with E-state index in [2.05, 4.69) is 12.1 Å². The van der Waals surface area contributed by atoms with Crippen LogP contribution in [0.5, 0.6) is 0 Å². The zero-order valence-electron chi connectivity index (χ0n) is 8.17. The van der Waals surface area contributed by atoms with Crippen molar-refractivity contribution >= 4 is 23.2 Å². The van der Waals surface area contributed by atoms with Crippen molar-refractivity contribution in [2.45, 2.75) is 0 Å². The van der Waals surface area contributed by atoms with Crippen LogP contribution in [0.1, 0.15) is 5.56 Å². The molecule has 2 rings (SSSR count). The highest BCUT2D eigenvalue weighted by Crippen LogP contribution is 2.31. The van der Waals surface area contributed by atoms with Gasteiger partial charge in [-0.15, -0.1) is 0 Å². The molecule has 0 aliphatic carbocycles. The van der Waals surface area contributed by atoms with Crippen LogP contribution in [-0.2, 0) is 0 Å². The van der Waals surface area contributed by atoms with E-state index in [1.54, 1.807) is 18.2 Å². The molecule has 0 atom stereocenters. The second kappa shape index (κ2) is 4.57. The molecule has 16 heavy (non-hydrogen) atoms. The van der Waals surface area contributed by atoms with Gasteiger partial charge in [0.15, 0.2) is 0 Å². The van der Waals surface area contributed by atoms with Crippen molar-refractivity contribution in [2.24, 2.45) is 0 Å². The van der Waals surface area contributed by atoms with Crippen LogP contribution in [0, 0.1) is 17.4 Å². The third kappa shape index (κ3) is 2.04. The third-order valence-electron chi connectivity index (χ3n) is 2.17. The van der Waals surface area contributed by atoms with Gasteiger partial charge in [0.1, 0.15) is 0 Å². The molecular formula is C13H6Cl2N. The summed E-state index contributed by atoms with van der Waals surface area (Å²) < 4.78 is 0. The summed E-state index contributed by atoms with van der Waals surface area (Å²) in [6, 6.07) is 15.6. The van der Waals surface area contributed by atoms with Gasteiger partial charge in [-0.25, -0.2) is 0 Å². The molecule has 3 heteroatoms. The number of hydrogen-bond donors (Lipinski definition) is 0. The quantitative estimate of drug-likeness (QED) is 0.735. The molecular weight excluding hydrogens is 241 g/mol. The molecule has 2 aromatic carbocycles. The first-order valence-corrected chi connectivity index (χ1v) is 5.34. The fraction of sp³-hybridized carbons (Fsp3) is 0. The molecule has 0 saturated carbocycles. The van der Waals surface area contributed by atoms with E-state index in [9.17, 15) is 0 Å². The van der Waals surface area contributed by atoms with Crippen LogP contribution in [0.2, 0.25) is 10.0 Å². The molecule has 0 aromatic heterocycles. The predicted octanol–water partition coefficient (Wildman–Crippen LogP) is 4.33. The van der Waals surface area contributed by atoms with E-state index in [1.165, 1.54) is 0 Å². The highest BCUT2D eigenvalue weighted by molar-refractivity contribution is 6.36. The van der Waals surface area contributed by atoms with Gasteiger partial charge in [-0.2, -0.15) is 5.26 Å². The summed E-state index contributed by atoms with van der Waals surface area (Å²) >= 11 is 11.9. The number of nitrogens with zero attached hydrogens (tertiary/aromatic N) is 1. The first kappa shape index (κ1) is 11.0. The largest absolute Gasteiger partial charge is 0.192 e. The van der Waals surface area contributed by atoms with E-state index < -0.39 is 0 Å². The highest BCUT2D eigenvalue weighted by atomic mass is 35.5. The topological polar surface area (TPSA) is 23.8 Å². The Hall–Kier alpha value is -1.49. The fourth-order valence-corrected chi connectivity index (χ4v) is 1.94. The minimum atomic E-state index is 0.496. The summed E-state index contributed by atoms with van der Waals surface area (Å²) in [6.07, 6.45) is 0. The van der Waals surface area contributed by atoms with Crippen LogP contribution >= 0.6 is 23.2 Å². The normalized spacial score (nSPS) is 9.81. The molecule has 2 aromatic rings. The van der Waals surface area contributed by atoms with E-state index in [0.29, 0.717) is 21.2 Å². The van der Waals surface area contributed by atoms with Gasteiger partial charge in [0.25, 0.3) is 0 Å². The SMILES string of the molecule is N#Cc1ccccc1-c1[c]cc(Cl)cc1Cl. The number of halogens is 2. The van der Waals surface area contributed by atoms with Crippen LogP contribution in [0.15, 0.2) is 36.4 Å². The lowest BCUT2D eigenvalue weighted by atomic mass is 10.0. The van der Waals surface area contributed by atoms with Crippen LogP contribution in [0.4, 0.5) is 0 Å². The maximum absolute atomic E-state index is 8.99. The summed E-state index contributed by atoms with van der Waals surface area (Å²) in [6.45, 7) is 0. The molecule has 0 heterocycles. The molecule has 0 aliphatic heterocycles. The van der Waals surface area contributed by atoms with E-state index in [0.717, 1.165) is 5.56 Å². The molecule has 0 unspecified atom stereocenters. The molecule has 0 N–H and O–H groups in total. The van der Waals surface area contributed by atoms with E-state index >= 15 is 0 Å². The maximum Gasteiger partial charge on any atom is 0.0998 e. The van der Waals surface area contributed by atoms with Crippen molar-refractivity contribution in [1.82, 2.24) is 0 Å². The van der Waals surface area contributed by atoms with Gasteiger partial charge in [0.2, 0.25) is 0 Å². The summed E-state index contributed by atoms with van der Waals surface area (Å²) in [5.74, 6) is 0. The van der Waals surface area contributed by atoms with Crippen molar-refractivity contribution in [2.75, 3.05) is 0 Å². The zero-order chi connectivity index (χ0) is 11.5. The number of rotatable bonds is 1. The Labute approximate surface area is 104 Å². The van der Waals surface area contributed by atoms with Gasteiger partial charge in [-0.3, -0.25) is 0 Å². The number of nitriles is 1. The smallest absolute Gasteiger partial charge is 0.0998 e. The van der Waals surface area contributed by atoms with Crippen molar-refractivity contribution < 1.29 is 0 Å². The van der Waals surface area contributed by atoms with Crippen molar-refractivity contribution in [3.05, 3.63) is 58.1 Å². The highest BCUT2D eigenvalue weighted by Gasteiger charge is 2.08. The minimum absolute atomic E-state index is 0.496. The summed E-state index contributed by atoms with van der Waals surface area (Å²) in [4.78, 5) is 0. The van der Waals surface area contributed by atoms with Crippen LogP contribution in [0.25, 0.3) is 11.1 Å². The minimum Gasteiger partial charge on any atom is -0.192 e. The van der Waals surface area contributed by atoms with Gasteiger partial charge in [0.05, 0.1) is 16.7 Å². The Bertz CT molecular complexity index is 570. The van der Waals surface area contributed by atoms with Gasteiger partial charge >= 0.3 is 0 Å². The Morgan fingerprint density at radius 2 is 1.94 bits per heavy atom. The summed E-state index contributed by atoms with van der Waals surface area (Å²) in [5, 5.41) is 10.0. The third-order valence-corrected chi connectivity index (χ3v) is 2.69.